The normalized spacial score (nSPS) is 17.3. The molecule has 5 rings (SSSR count). The predicted octanol–water partition coefficient (Wildman–Crippen LogP) is 3.75. The van der Waals surface area contributed by atoms with E-state index in [0.29, 0.717) is 38.9 Å². The smallest absolute Gasteiger partial charge is 0.197 e. The van der Waals surface area contributed by atoms with Gasteiger partial charge in [-0.15, -0.1) is 0 Å². The number of ether oxygens (including phenoxy) is 4. The van der Waals surface area contributed by atoms with Crippen molar-refractivity contribution < 1.29 is 18.9 Å². The summed E-state index contributed by atoms with van der Waals surface area (Å²) in [6.07, 6.45) is 0.726. The number of hydrogen-bond acceptors (Lipinski definition) is 5. The predicted molar refractivity (Wildman–Crippen MR) is 121 cm³/mol. The first-order valence-electron chi connectivity index (χ1n) is 11.1. The van der Waals surface area contributed by atoms with E-state index < -0.39 is 0 Å². The topological polar surface area (TPSA) is 58.9 Å². The van der Waals surface area contributed by atoms with Crippen LogP contribution in [-0.4, -0.2) is 37.1 Å². The number of benzene rings is 2. The van der Waals surface area contributed by atoms with Crippen LogP contribution in [0.4, 0.5) is 0 Å². The fourth-order valence-electron chi connectivity index (χ4n) is 4.30. The van der Waals surface area contributed by atoms with Gasteiger partial charge in [0, 0.05) is 23.7 Å². The van der Waals surface area contributed by atoms with E-state index in [4.69, 9.17) is 18.9 Å². The van der Waals surface area contributed by atoms with Crippen molar-refractivity contribution in [2.24, 2.45) is 0 Å². The zero-order valence-electron chi connectivity index (χ0n) is 18.2. The summed E-state index contributed by atoms with van der Waals surface area (Å²) in [5.74, 6) is 1.42. The number of rotatable bonds is 6. The largest absolute Gasteiger partial charge is 0.489 e. The monoisotopic (exact) mass is 433 g/mol. The molecule has 6 nitrogen and oxygen atoms in total. The fourth-order valence-corrected chi connectivity index (χ4v) is 4.30. The second-order valence-electron chi connectivity index (χ2n) is 8.19. The molecule has 0 aliphatic carbocycles. The van der Waals surface area contributed by atoms with Crippen molar-refractivity contribution in [3.63, 3.8) is 0 Å². The molecule has 2 aliphatic rings. The molecular formula is C26H27NO5. The summed E-state index contributed by atoms with van der Waals surface area (Å²) >= 11 is 0. The second-order valence-corrected chi connectivity index (χ2v) is 8.19. The molecule has 166 valence electrons. The van der Waals surface area contributed by atoms with Crippen molar-refractivity contribution in [1.29, 1.82) is 0 Å². The van der Waals surface area contributed by atoms with Gasteiger partial charge in [-0.05, 0) is 42.7 Å². The Balaban J connectivity index is 1.39. The second kappa shape index (κ2) is 9.18. The Kier molecular flexibility index (Phi) is 5.97. The number of hydrogen-bond donors (Lipinski definition) is 0. The summed E-state index contributed by atoms with van der Waals surface area (Å²) in [6.45, 7) is 5.21. The molecule has 0 amide bonds. The highest BCUT2D eigenvalue weighted by Gasteiger charge is 2.23. The van der Waals surface area contributed by atoms with Crippen LogP contribution in [0, 0.1) is 6.92 Å². The SMILES string of the molecule is Cc1c2n(c(OC[C@@H]3COCCO3)cc1=O)CCc1cc(OCc3ccccc3)ccc1-2. The van der Waals surface area contributed by atoms with Gasteiger partial charge in [0.1, 0.15) is 25.1 Å². The van der Waals surface area contributed by atoms with Crippen molar-refractivity contribution in [2.75, 3.05) is 26.4 Å². The van der Waals surface area contributed by atoms with Gasteiger partial charge >= 0.3 is 0 Å². The van der Waals surface area contributed by atoms with Gasteiger partial charge in [0.25, 0.3) is 0 Å². The molecule has 2 aliphatic heterocycles. The minimum absolute atomic E-state index is 0.0238. The maximum atomic E-state index is 12.7. The van der Waals surface area contributed by atoms with Crippen LogP contribution >= 0.6 is 0 Å². The molecule has 0 unspecified atom stereocenters. The van der Waals surface area contributed by atoms with Gasteiger partial charge in [-0.3, -0.25) is 4.79 Å². The van der Waals surface area contributed by atoms with E-state index in [1.54, 1.807) is 6.07 Å². The Hall–Kier alpha value is -3.09. The summed E-state index contributed by atoms with van der Waals surface area (Å²) in [4.78, 5) is 12.7. The average molecular weight is 434 g/mol. The van der Waals surface area contributed by atoms with Gasteiger partial charge in [0.2, 0.25) is 0 Å². The van der Waals surface area contributed by atoms with E-state index in [1.165, 1.54) is 5.56 Å². The summed E-state index contributed by atoms with van der Waals surface area (Å²) in [7, 11) is 0. The third-order valence-electron chi connectivity index (χ3n) is 6.00. The molecular weight excluding hydrogens is 406 g/mol. The van der Waals surface area contributed by atoms with E-state index in [2.05, 4.69) is 28.8 Å². The molecule has 3 aromatic rings. The molecule has 0 saturated carbocycles. The van der Waals surface area contributed by atoms with Crippen molar-refractivity contribution in [2.45, 2.75) is 32.6 Å². The Labute approximate surface area is 187 Å². The maximum Gasteiger partial charge on any atom is 0.197 e. The standard InChI is InChI=1S/C26H27NO5/c1-18-24(28)14-25(32-17-22-16-29-11-12-30-22)27-10-9-20-13-21(7-8-23(20)26(18)27)31-15-19-5-3-2-4-6-19/h2-8,13-14,22H,9-12,15-17H2,1H3/t22-/m0/s1. The molecule has 32 heavy (non-hydrogen) atoms. The van der Waals surface area contributed by atoms with Crippen molar-refractivity contribution in [3.05, 3.63) is 81.5 Å². The van der Waals surface area contributed by atoms with Crippen LogP contribution in [0.3, 0.4) is 0 Å². The third kappa shape index (κ3) is 4.29. The van der Waals surface area contributed by atoms with Gasteiger partial charge in [-0.2, -0.15) is 0 Å². The van der Waals surface area contributed by atoms with Gasteiger partial charge in [0.15, 0.2) is 11.3 Å². The van der Waals surface area contributed by atoms with Crippen molar-refractivity contribution in [3.8, 4) is 22.9 Å². The number of nitrogens with zero attached hydrogens (tertiary/aromatic N) is 1. The van der Waals surface area contributed by atoms with Crippen LogP contribution in [0.2, 0.25) is 0 Å². The molecule has 6 heteroatoms. The highest BCUT2D eigenvalue weighted by atomic mass is 16.6. The first-order chi connectivity index (χ1) is 15.7. The molecule has 1 fully saturated rings. The van der Waals surface area contributed by atoms with Gasteiger partial charge in [-0.25, -0.2) is 0 Å². The van der Waals surface area contributed by atoms with E-state index >= 15 is 0 Å². The lowest BCUT2D eigenvalue weighted by molar-refractivity contribution is -0.102. The van der Waals surface area contributed by atoms with Crippen molar-refractivity contribution in [1.82, 2.24) is 4.57 Å². The lowest BCUT2D eigenvalue weighted by Crippen LogP contribution is -2.34. The van der Waals surface area contributed by atoms with E-state index in [1.807, 2.05) is 31.2 Å². The average Bonchev–Trinajstić information content (AvgIpc) is 2.84. The van der Waals surface area contributed by atoms with E-state index in [-0.39, 0.29) is 11.5 Å². The maximum absolute atomic E-state index is 12.7. The Morgan fingerprint density at radius 1 is 1.06 bits per heavy atom. The minimum Gasteiger partial charge on any atom is -0.489 e. The van der Waals surface area contributed by atoms with Gasteiger partial charge in [0.05, 0.1) is 25.5 Å². The molecule has 3 heterocycles. The first-order valence-corrected chi connectivity index (χ1v) is 11.1. The number of pyridine rings is 1. The molecule has 1 aromatic heterocycles. The number of aromatic nitrogens is 1. The summed E-state index contributed by atoms with van der Waals surface area (Å²) in [5.41, 5.74) is 4.99. The van der Waals surface area contributed by atoms with Crippen LogP contribution in [0.25, 0.3) is 11.3 Å². The molecule has 1 atom stereocenters. The lowest BCUT2D eigenvalue weighted by Gasteiger charge is -2.28. The van der Waals surface area contributed by atoms with E-state index in [9.17, 15) is 4.79 Å². The summed E-state index contributed by atoms with van der Waals surface area (Å²) in [5, 5.41) is 0. The first kappa shape index (κ1) is 20.8. The summed E-state index contributed by atoms with van der Waals surface area (Å²) < 4.78 is 25.3. The lowest BCUT2D eigenvalue weighted by atomic mass is 9.94. The zero-order chi connectivity index (χ0) is 21.9. The van der Waals surface area contributed by atoms with Crippen LogP contribution < -0.4 is 14.9 Å². The third-order valence-corrected chi connectivity index (χ3v) is 6.00. The molecule has 0 bridgehead atoms. The van der Waals surface area contributed by atoms with Gasteiger partial charge < -0.3 is 23.5 Å². The van der Waals surface area contributed by atoms with E-state index in [0.717, 1.165) is 41.1 Å². The summed E-state index contributed by atoms with van der Waals surface area (Å²) in [6, 6.07) is 17.8. The van der Waals surface area contributed by atoms with Crippen LogP contribution in [-0.2, 0) is 29.0 Å². The zero-order valence-corrected chi connectivity index (χ0v) is 18.2. The molecule has 0 spiro atoms. The number of fused-ring (bicyclic) bond motifs is 3. The number of aryl methyl sites for hydroxylation is 1. The molecule has 0 N–H and O–H groups in total. The fraction of sp³-hybridized carbons (Fsp3) is 0.346. The highest BCUT2D eigenvalue weighted by molar-refractivity contribution is 5.70. The van der Waals surface area contributed by atoms with Crippen LogP contribution in [0.1, 0.15) is 16.7 Å². The highest BCUT2D eigenvalue weighted by Crippen LogP contribution is 2.35. The Bertz CT molecular complexity index is 1150. The Morgan fingerprint density at radius 2 is 1.94 bits per heavy atom. The Morgan fingerprint density at radius 3 is 2.75 bits per heavy atom. The van der Waals surface area contributed by atoms with Crippen LogP contribution in [0.15, 0.2) is 59.4 Å². The van der Waals surface area contributed by atoms with Crippen LogP contribution in [0.5, 0.6) is 11.6 Å². The molecule has 0 radical (unpaired) electrons. The minimum atomic E-state index is -0.114. The molecule has 1 saturated heterocycles. The van der Waals surface area contributed by atoms with Gasteiger partial charge in [-0.1, -0.05) is 30.3 Å². The molecule has 2 aromatic carbocycles. The quantitative estimate of drug-likeness (QED) is 0.593. The van der Waals surface area contributed by atoms with Crippen molar-refractivity contribution >= 4 is 0 Å².